The van der Waals surface area contributed by atoms with Crippen molar-refractivity contribution < 1.29 is 14.2 Å². The van der Waals surface area contributed by atoms with Crippen molar-refractivity contribution in [3.63, 3.8) is 0 Å². The molecule has 198 valence electrons. The summed E-state index contributed by atoms with van der Waals surface area (Å²) in [6, 6.07) is 12.8. The van der Waals surface area contributed by atoms with Crippen molar-refractivity contribution in [1.82, 2.24) is 0 Å². The van der Waals surface area contributed by atoms with Gasteiger partial charge in [0.2, 0.25) is 5.75 Å². The predicted octanol–water partition coefficient (Wildman–Crippen LogP) is 8.80. The Morgan fingerprint density at radius 1 is 0.611 bits per heavy atom. The number of hydrogen-bond donors (Lipinski definition) is 0. The van der Waals surface area contributed by atoms with Gasteiger partial charge in [-0.25, -0.2) is 0 Å². The van der Waals surface area contributed by atoms with Gasteiger partial charge in [-0.15, -0.1) is 0 Å². The van der Waals surface area contributed by atoms with E-state index in [1.54, 1.807) is 0 Å². The van der Waals surface area contributed by atoms with Crippen LogP contribution in [0.5, 0.6) is 17.2 Å². The van der Waals surface area contributed by atoms with Gasteiger partial charge < -0.3 is 19.1 Å². The summed E-state index contributed by atoms with van der Waals surface area (Å²) < 4.78 is 18.5. The average molecular weight is 494 g/mol. The molecule has 2 aromatic carbocycles. The maximum atomic E-state index is 6.16. The van der Waals surface area contributed by atoms with Gasteiger partial charge in [-0.3, -0.25) is 0 Å². The number of unbranched alkanes of at least 4 members (excludes halogenated alkanes) is 3. The lowest BCUT2D eigenvalue weighted by Gasteiger charge is -2.20. The highest BCUT2D eigenvalue weighted by Crippen LogP contribution is 2.40. The van der Waals surface area contributed by atoms with Crippen molar-refractivity contribution in [3.05, 3.63) is 59.7 Å². The first-order valence-electron chi connectivity index (χ1n) is 13.9. The Labute approximate surface area is 220 Å². The number of allylic oxidation sites excluding steroid dienone is 2. The molecule has 36 heavy (non-hydrogen) atoms. The first-order chi connectivity index (χ1) is 17.7. The van der Waals surface area contributed by atoms with E-state index >= 15 is 0 Å². The van der Waals surface area contributed by atoms with E-state index in [1.807, 2.05) is 0 Å². The highest BCUT2D eigenvalue weighted by atomic mass is 16.5. The molecule has 0 amide bonds. The summed E-state index contributed by atoms with van der Waals surface area (Å²) in [5, 5.41) is 0. The van der Waals surface area contributed by atoms with Crippen LogP contribution in [0, 0.1) is 0 Å². The predicted molar refractivity (Wildman–Crippen MR) is 156 cm³/mol. The minimum atomic E-state index is 0.662. The van der Waals surface area contributed by atoms with Gasteiger partial charge in [-0.2, -0.15) is 0 Å². The van der Waals surface area contributed by atoms with Gasteiger partial charge >= 0.3 is 0 Å². The number of rotatable bonds is 18. The standard InChI is InChI=1S/C32H47NO3/c1-6-11-22-34-30-25-28(26-31(35-23-12-7-2)32(30)36-24-13-8-3)17-15-14-16-27-18-20-29(21-19-27)33(9-4)10-5/h14-21,25-26H,6-13,22-24H2,1-5H3/b16-14+,17-15+. The Kier molecular flexibility index (Phi) is 14.3. The molecule has 0 N–H and O–H groups in total. The van der Waals surface area contributed by atoms with Crippen molar-refractivity contribution in [3.8, 4) is 17.2 Å². The van der Waals surface area contributed by atoms with Crippen LogP contribution < -0.4 is 19.1 Å². The Bertz CT molecular complexity index is 882. The molecular formula is C32H47NO3. The van der Waals surface area contributed by atoms with Crippen LogP contribution in [-0.2, 0) is 0 Å². The third-order valence-electron chi connectivity index (χ3n) is 6.01. The lowest BCUT2D eigenvalue weighted by molar-refractivity contribution is 0.237. The fourth-order valence-electron chi connectivity index (χ4n) is 3.74. The van der Waals surface area contributed by atoms with Gasteiger partial charge in [0.1, 0.15) is 0 Å². The molecule has 0 spiro atoms. The molecule has 0 aliphatic heterocycles. The molecule has 0 aliphatic carbocycles. The van der Waals surface area contributed by atoms with E-state index in [-0.39, 0.29) is 0 Å². The van der Waals surface area contributed by atoms with E-state index in [1.165, 1.54) is 11.3 Å². The molecule has 0 atom stereocenters. The van der Waals surface area contributed by atoms with Gasteiger partial charge in [-0.1, -0.05) is 76.5 Å². The number of ether oxygens (including phenoxy) is 3. The molecule has 0 saturated carbocycles. The highest BCUT2D eigenvalue weighted by molar-refractivity contribution is 5.64. The van der Waals surface area contributed by atoms with E-state index in [2.05, 4.69) is 100 Å². The summed E-state index contributed by atoms with van der Waals surface area (Å²) in [4.78, 5) is 2.35. The number of nitrogens with zero attached hydrogens (tertiary/aromatic N) is 1. The van der Waals surface area contributed by atoms with Crippen LogP contribution in [0.4, 0.5) is 5.69 Å². The lowest BCUT2D eigenvalue weighted by atomic mass is 10.1. The van der Waals surface area contributed by atoms with Crippen molar-refractivity contribution in [2.24, 2.45) is 0 Å². The summed E-state index contributed by atoms with van der Waals surface area (Å²) in [7, 11) is 0. The van der Waals surface area contributed by atoms with Crippen molar-refractivity contribution in [2.45, 2.75) is 73.1 Å². The molecule has 0 fully saturated rings. The van der Waals surface area contributed by atoms with Gasteiger partial charge in [-0.05, 0) is 68.5 Å². The van der Waals surface area contributed by atoms with Crippen molar-refractivity contribution in [1.29, 1.82) is 0 Å². The summed E-state index contributed by atoms with van der Waals surface area (Å²) in [5.41, 5.74) is 3.49. The first-order valence-corrected chi connectivity index (χ1v) is 13.9. The molecule has 0 unspecified atom stereocenters. The Hall–Kier alpha value is -2.88. The second-order valence-electron chi connectivity index (χ2n) is 8.93. The molecule has 0 aliphatic rings. The molecule has 0 bridgehead atoms. The Balaban J connectivity index is 2.22. The topological polar surface area (TPSA) is 30.9 Å². The average Bonchev–Trinajstić information content (AvgIpc) is 2.90. The number of benzene rings is 2. The van der Waals surface area contributed by atoms with Crippen molar-refractivity contribution in [2.75, 3.05) is 37.8 Å². The molecule has 0 aromatic heterocycles. The minimum Gasteiger partial charge on any atom is -0.490 e. The molecule has 2 aromatic rings. The Morgan fingerprint density at radius 3 is 1.56 bits per heavy atom. The van der Waals surface area contributed by atoms with Crippen LogP contribution in [0.3, 0.4) is 0 Å². The number of hydrogen-bond acceptors (Lipinski definition) is 4. The van der Waals surface area contributed by atoms with E-state index in [9.17, 15) is 0 Å². The zero-order valence-corrected chi connectivity index (χ0v) is 23.2. The van der Waals surface area contributed by atoms with Crippen LogP contribution in [0.25, 0.3) is 12.2 Å². The van der Waals surface area contributed by atoms with E-state index in [0.29, 0.717) is 19.8 Å². The largest absolute Gasteiger partial charge is 0.490 e. The second-order valence-corrected chi connectivity index (χ2v) is 8.93. The molecular weight excluding hydrogens is 446 g/mol. The summed E-state index contributed by atoms with van der Waals surface area (Å²) in [5.74, 6) is 2.27. The molecule has 2 rings (SSSR count). The third-order valence-corrected chi connectivity index (χ3v) is 6.01. The van der Waals surface area contributed by atoms with Gasteiger partial charge in [0, 0.05) is 18.8 Å². The van der Waals surface area contributed by atoms with Crippen LogP contribution in [-0.4, -0.2) is 32.9 Å². The molecule has 4 nitrogen and oxygen atoms in total. The minimum absolute atomic E-state index is 0.662. The van der Waals surface area contributed by atoms with E-state index in [0.717, 1.165) is 74.4 Å². The lowest BCUT2D eigenvalue weighted by Crippen LogP contribution is -2.21. The van der Waals surface area contributed by atoms with Crippen LogP contribution >= 0.6 is 0 Å². The van der Waals surface area contributed by atoms with Gasteiger partial charge in [0.25, 0.3) is 0 Å². The monoisotopic (exact) mass is 493 g/mol. The van der Waals surface area contributed by atoms with Crippen LogP contribution in [0.2, 0.25) is 0 Å². The quantitative estimate of drug-likeness (QED) is 0.153. The molecule has 4 heteroatoms. The van der Waals surface area contributed by atoms with E-state index in [4.69, 9.17) is 14.2 Å². The fraction of sp³-hybridized carbons (Fsp3) is 0.500. The van der Waals surface area contributed by atoms with E-state index < -0.39 is 0 Å². The summed E-state index contributed by atoms with van der Waals surface area (Å²) in [6.45, 7) is 14.9. The van der Waals surface area contributed by atoms with Crippen molar-refractivity contribution >= 4 is 17.8 Å². The zero-order valence-electron chi connectivity index (χ0n) is 23.2. The normalized spacial score (nSPS) is 11.4. The zero-order chi connectivity index (χ0) is 26.0. The van der Waals surface area contributed by atoms with Crippen LogP contribution in [0.15, 0.2) is 48.6 Å². The maximum Gasteiger partial charge on any atom is 0.203 e. The summed E-state index contributed by atoms with van der Waals surface area (Å²) in [6.07, 6.45) is 14.7. The molecule has 0 heterocycles. The van der Waals surface area contributed by atoms with Gasteiger partial charge in [0.15, 0.2) is 11.5 Å². The second kappa shape index (κ2) is 17.5. The smallest absolute Gasteiger partial charge is 0.203 e. The van der Waals surface area contributed by atoms with Gasteiger partial charge in [0.05, 0.1) is 19.8 Å². The molecule has 0 radical (unpaired) electrons. The highest BCUT2D eigenvalue weighted by Gasteiger charge is 2.15. The van der Waals surface area contributed by atoms with Crippen LogP contribution in [0.1, 0.15) is 84.3 Å². The molecule has 0 saturated heterocycles. The third kappa shape index (κ3) is 10.0. The summed E-state index contributed by atoms with van der Waals surface area (Å²) >= 11 is 0. The number of anilines is 1. The first kappa shape index (κ1) is 29.4. The SMILES string of the molecule is CCCCOc1cc(/C=C/C=C/c2ccc(N(CC)CC)cc2)cc(OCCCC)c1OCCCC. The maximum absolute atomic E-state index is 6.16. The fourth-order valence-corrected chi connectivity index (χ4v) is 3.74. The Morgan fingerprint density at radius 2 is 1.08 bits per heavy atom.